The smallest absolute Gasteiger partial charge is 0.0762 e. The number of nitrogens with zero attached hydrogens (tertiary/aromatic N) is 2. The fraction of sp³-hybridized carbons (Fsp3) is 0.800. The summed E-state index contributed by atoms with van der Waals surface area (Å²) in [5.41, 5.74) is 2.63. The minimum Gasteiger partial charge on any atom is -0.379 e. The number of nitrogens with one attached hydrogen (secondary N) is 1. The first-order chi connectivity index (χ1) is 9.24. The van der Waals surface area contributed by atoms with Crippen LogP contribution >= 0.6 is 0 Å². The number of aromatic nitrogens is 2. The van der Waals surface area contributed by atoms with Crippen LogP contribution in [-0.4, -0.2) is 29.0 Å². The highest BCUT2D eigenvalue weighted by atomic mass is 16.5. The van der Waals surface area contributed by atoms with Gasteiger partial charge in [0.2, 0.25) is 0 Å². The Morgan fingerprint density at radius 1 is 1.42 bits per heavy atom. The standard InChI is InChI=1S/C15H25N3O/c1-11(2)7-12-9-19-10-14(12)17-13-8-16-18-6-4-3-5-15(13)18/h8,11-12,14,17H,3-7,9-10H2,1-2H3. The highest BCUT2D eigenvalue weighted by Crippen LogP contribution is 2.28. The second-order valence-corrected chi connectivity index (χ2v) is 6.36. The van der Waals surface area contributed by atoms with Crippen LogP contribution in [0.3, 0.4) is 0 Å². The molecule has 0 aromatic carbocycles. The van der Waals surface area contributed by atoms with E-state index in [2.05, 4.69) is 28.9 Å². The van der Waals surface area contributed by atoms with Crippen LogP contribution in [0.15, 0.2) is 6.20 Å². The molecule has 3 heterocycles. The van der Waals surface area contributed by atoms with Crippen LogP contribution < -0.4 is 5.32 Å². The third-order valence-electron chi connectivity index (χ3n) is 4.30. The van der Waals surface area contributed by atoms with E-state index >= 15 is 0 Å². The van der Waals surface area contributed by atoms with E-state index in [0.717, 1.165) is 32.1 Å². The number of aryl methyl sites for hydroxylation is 1. The topological polar surface area (TPSA) is 39.1 Å². The van der Waals surface area contributed by atoms with Gasteiger partial charge in [-0.05, 0) is 31.6 Å². The van der Waals surface area contributed by atoms with Crippen molar-refractivity contribution >= 4 is 5.69 Å². The first-order valence-corrected chi connectivity index (χ1v) is 7.63. The monoisotopic (exact) mass is 263 g/mol. The maximum atomic E-state index is 5.67. The van der Waals surface area contributed by atoms with Gasteiger partial charge < -0.3 is 10.1 Å². The van der Waals surface area contributed by atoms with E-state index in [9.17, 15) is 0 Å². The molecule has 2 aliphatic heterocycles. The molecule has 2 atom stereocenters. The zero-order valence-corrected chi connectivity index (χ0v) is 12.1. The van der Waals surface area contributed by atoms with E-state index < -0.39 is 0 Å². The molecule has 4 heteroatoms. The maximum Gasteiger partial charge on any atom is 0.0762 e. The number of ether oxygens (including phenoxy) is 1. The van der Waals surface area contributed by atoms with E-state index in [0.29, 0.717) is 12.0 Å². The predicted octanol–water partition coefficient (Wildman–Crippen LogP) is 2.69. The Balaban J connectivity index is 1.69. The quantitative estimate of drug-likeness (QED) is 0.908. The number of anilines is 1. The van der Waals surface area contributed by atoms with Crippen LogP contribution in [0, 0.1) is 11.8 Å². The minimum atomic E-state index is 0.457. The van der Waals surface area contributed by atoms with Crippen LogP contribution in [0.2, 0.25) is 0 Å². The number of rotatable bonds is 4. The van der Waals surface area contributed by atoms with Gasteiger partial charge in [0, 0.05) is 12.5 Å². The van der Waals surface area contributed by atoms with Crippen molar-refractivity contribution in [3.8, 4) is 0 Å². The number of hydrogen-bond donors (Lipinski definition) is 1. The third-order valence-corrected chi connectivity index (χ3v) is 4.30. The van der Waals surface area contributed by atoms with E-state index in [1.807, 2.05) is 6.20 Å². The van der Waals surface area contributed by atoms with E-state index in [-0.39, 0.29) is 0 Å². The second-order valence-electron chi connectivity index (χ2n) is 6.36. The molecule has 0 aliphatic carbocycles. The molecule has 3 rings (SSSR count). The average molecular weight is 263 g/mol. The summed E-state index contributed by atoms with van der Waals surface area (Å²) in [6.07, 6.45) is 6.95. The summed E-state index contributed by atoms with van der Waals surface area (Å²) in [5.74, 6) is 1.37. The first-order valence-electron chi connectivity index (χ1n) is 7.63. The van der Waals surface area contributed by atoms with Gasteiger partial charge in [-0.2, -0.15) is 5.10 Å². The van der Waals surface area contributed by atoms with Gasteiger partial charge in [0.15, 0.2) is 0 Å². The molecular formula is C15H25N3O. The third kappa shape index (κ3) is 2.78. The highest BCUT2D eigenvalue weighted by Gasteiger charge is 2.29. The Labute approximate surface area is 115 Å². The Kier molecular flexibility index (Phi) is 3.78. The van der Waals surface area contributed by atoms with Crippen molar-refractivity contribution < 1.29 is 4.74 Å². The summed E-state index contributed by atoms with van der Waals surface area (Å²) in [6.45, 7) is 7.39. The SMILES string of the molecule is CC(C)CC1COCC1Nc1cnn2c1CCCC2. The van der Waals surface area contributed by atoms with Crippen LogP contribution in [0.5, 0.6) is 0 Å². The Hall–Kier alpha value is -1.03. The van der Waals surface area contributed by atoms with Crippen molar-refractivity contribution in [1.82, 2.24) is 9.78 Å². The lowest BCUT2D eigenvalue weighted by atomic mass is 9.93. The van der Waals surface area contributed by atoms with Crippen molar-refractivity contribution in [1.29, 1.82) is 0 Å². The molecule has 1 aromatic heterocycles. The molecule has 1 saturated heterocycles. The van der Waals surface area contributed by atoms with Gasteiger partial charge in [-0.3, -0.25) is 4.68 Å². The molecule has 0 bridgehead atoms. The fourth-order valence-corrected chi connectivity index (χ4v) is 3.34. The van der Waals surface area contributed by atoms with Crippen molar-refractivity contribution in [2.24, 2.45) is 11.8 Å². The normalized spacial score (nSPS) is 26.7. The Bertz CT molecular complexity index is 427. The Morgan fingerprint density at radius 3 is 3.16 bits per heavy atom. The molecule has 1 aromatic rings. The molecule has 1 fully saturated rings. The summed E-state index contributed by atoms with van der Waals surface area (Å²) < 4.78 is 7.84. The zero-order chi connectivity index (χ0) is 13.2. The number of fused-ring (bicyclic) bond motifs is 1. The van der Waals surface area contributed by atoms with Gasteiger partial charge in [-0.25, -0.2) is 0 Å². The predicted molar refractivity (Wildman–Crippen MR) is 76.3 cm³/mol. The van der Waals surface area contributed by atoms with Crippen LogP contribution in [0.25, 0.3) is 0 Å². The molecular weight excluding hydrogens is 238 g/mol. The van der Waals surface area contributed by atoms with Crippen LogP contribution in [0.4, 0.5) is 5.69 Å². The van der Waals surface area contributed by atoms with Gasteiger partial charge >= 0.3 is 0 Å². The van der Waals surface area contributed by atoms with E-state index in [1.54, 1.807) is 0 Å². The van der Waals surface area contributed by atoms with Gasteiger partial charge in [0.25, 0.3) is 0 Å². The molecule has 106 valence electrons. The lowest BCUT2D eigenvalue weighted by Crippen LogP contribution is -2.29. The van der Waals surface area contributed by atoms with Crippen LogP contribution in [0.1, 0.15) is 38.8 Å². The summed E-state index contributed by atoms with van der Waals surface area (Å²) in [4.78, 5) is 0. The molecule has 0 amide bonds. The molecule has 19 heavy (non-hydrogen) atoms. The number of hydrogen-bond acceptors (Lipinski definition) is 3. The largest absolute Gasteiger partial charge is 0.379 e. The molecule has 1 N–H and O–H groups in total. The lowest BCUT2D eigenvalue weighted by Gasteiger charge is -2.22. The molecule has 0 radical (unpaired) electrons. The van der Waals surface area contributed by atoms with Crippen molar-refractivity contribution in [3.63, 3.8) is 0 Å². The van der Waals surface area contributed by atoms with Crippen molar-refractivity contribution in [2.45, 2.75) is 52.1 Å². The second kappa shape index (κ2) is 5.53. The van der Waals surface area contributed by atoms with Crippen molar-refractivity contribution in [3.05, 3.63) is 11.9 Å². The first kappa shape index (κ1) is 13.0. The fourth-order valence-electron chi connectivity index (χ4n) is 3.34. The van der Waals surface area contributed by atoms with Gasteiger partial charge in [-0.1, -0.05) is 13.8 Å². The molecule has 2 aliphatic rings. The van der Waals surface area contributed by atoms with Crippen molar-refractivity contribution in [2.75, 3.05) is 18.5 Å². The maximum absolute atomic E-state index is 5.67. The summed E-state index contributed by atoms with van der Waals surface area (Å²) in [7, 11) is 0. The molecule has 0 saturated carbocycles. The van der Waals surface area contributed by atoms with Crippen LogP contribution in [-0.2, 0) is 17.7 Å². The zero-order valence-electron chi connectivity index (χ0n) is 12.1. The molecule has 2 unspecified atom stereocenters. The summed E-state index contributed by atoms with van der Waals surface area (Å²) in [5, 5.41) is 8.19. The van der Waals surface area contributed by atoms with Gasteiger partial charge in [0.05, 0.1) is 36.8 Å². The lowest BCUT2D eigenvalue weighted by molar-refractivity contribution is 0.181. The average Bonchev–Trinajstić information content (AvgIpc) is 2.98. The molecule has 0 spiro atoms. The van der Waals surface area contributed by atoms with Gasteiger partial charge in [0.1, 0.15) is 0 Å². The minimum absolute atomic E-state index is 0.457. The van der Waals surface area contributed by atoms with E-state index in [1.165, 1.54) is 30.6 Å². The highest BCUT2D eigenvalue weighted by molar-refractivity contribution is 5.48. The van der Waals surface area contributed by atoms with E-state index in [4.69, 9.17) is 4.74 Å². The Morgan fingerprint density at radius 2 is 2.32 bits per heavy atom. The van der Waals surface area contributed by atoms with Gasteiger partial charge in [-0.15, -0.1) is 0 Å². The summed E-state index contributed by atoms with van der Waals surface area (Å²) >= 11 is 0. The summed E-state index contributed by atoms with van der Waals surface area (Å²) in [6, 6.07) is 0.457. The molecule has 4 nitrogen and oxygen atoms in total.